The van der Waals surface area contributed by atoms with Gasteiger partial charge in [0.1, 0.15) is 0 Å². The molecule has 0 unspecified atom stereocenters. The Hall–Kier alpha value is -10.4. The number of benzene rings is 16. The summed E-state index contributed by atoms with van der Waals surface area (Å²) in [5.41, 5.74) is 10.0. The Morgan fingerprint density at radius 3 is 1.04 bits per heavy atom. The first-order chi connectivity index (χ1) is 44.6. The van der Waals surface area contributed by atoms with E-state index in [0.29, 0.717) is 5.92 Å². The van der Waals surface area contributed by atoms with Crippen LogP contribution < -0.4 is 9.80 Å². The van der Waals surface area contributed by atoms with Crippen LogP contribution in [0.25, 0.3) is 127 Å². The topological polar surface area (TPSA) is 6.48 Å². The fourth-order valence-corrected chi connectivity index (χ4v) is 17.1. The molecule has 0 atom stereocenters. The van der Waals surface area contributed by atoms with E-state index in [0.717, 1.165) is 5.69 Å². The Morgan fingerprint density at radius 2 is 0.615 bits per heavy atom. The highest BCUT2D eigenvalue weighted by molar-refractivity contribution is 7.26. The average Bonchev–Trinajstić information content (AvgIpc) is 1.65. The molecule has 18 aromatic rings. The molecular formula is C87H64N2S2. The van der Waals surface area contributed by atoms with Crippen LogP contribution in [0.15, 0.2) is 291 Å². The Bertz CT molecular complexity index is 5720. The summed E-state index contributed by atoms with van der Waals surface area (Å²) in [6.45, 7) is 11.5. The third-order valence-corrected chi connectivity index (χ3v) is 21.3. The molecule has 2 heterocycles. The van der Waals surface area contributed by atoms with Gasteiger partial charge < -0.3 is 9.80 Å². The predicted molar refractivity (Wildman–Crippen MR) is 401 cm³/mol. The fourth-order valence-electron chi connectivity index (χ4n) is 14.5. The van der Waals surface area contributed by atoms with E-state index in [2.05, 4.69) is 336 Å². The molecule has 0 saturated carbocycles. The van der Waals surface area contributed by atoms with Gasteiger partial charge in [0, 0.05) is 62.9 Å². The van der Waals surface area contributed by atoms with Gasteiger partial charge in [0.2, 0.25) is 0 Å². The van der Waals surface area contributed by atoms with E-state index >= 15 is 0 Å². The van der Waals surface area contributed by atoms with E-state index in [1.807, 2.05) is 22.7 Å². The highest BCUT2D eigenvalue weighted by atomic mass is 32.1. The molecule has 16 aromatic carbocycles. The molecule has 2 nitrogen and oxygen atoms in total. The zero-order chi connectivity index (χ0) is 61.1. The quantitative estimate of drug-likeness (QED) is 0.147. The standard InChI is InChI=1S/C44H33NS.C43H31NS/c1-44(2,3)30-20-22-38-39-23-21-31(27-43(39)46-42(38)26-30)45(40-24-28-12-4-6-14-32(28)34-16-8-10-18-36(34)40)41-25-29-13-5-7-15-33(29)35-17-9-11-19-37(35)41;1-27(2)30-21-11-22-37-38-23-12-24-39(43(38)45-42(30)37)44(40-25-28-13-3-5-15-31(28)33-17-7-9-19-35(33)40)41-26-29-14-4-6-16-32(29)34-18-8-10-20-36(34)41/h4-27H,1-3H3;3-27H,1-2H3. The van der Waals surface area contributed by atoms with Crippen LogP contribution in [0, 0.1) is 0 Å². The smallest absolute Gasteiger partial charge is 0.0640 e. The van der Waals surface area contributed by atoms with Crippen LogP contribution in [0.5, 0.6) is 0 Å². The van der Waals surface area contributed by atoms with Crippen molar-refractivity contribution in [1.29, 1.82) is 0 Å². The molecule has 0 aliphatic rings. The zero-order valence-corrected chi connectivity index (χ0v) is 53.1. The van der Waals surface area contributed by atoms with Crippen molar-refractivity contribution in [2.45, 2.75) is 46.0 Å². The van der Waals surface area contributed by atoms with E-state index < -0.39 is 0 Å². The number of thiophene rings is 2. The summed E-state index contributed by atoms with van der Waals surface area (Å²) in [7, 11) is 0. The Balaban J connectivity index is 0.000000140. The zero-order valence-electron chi connectivity index (χ0n) is 51.5. The van der Waals surface area contributed by atoms with Crippen LogP contribution >= 0.6 is 22.7 Å². The van der Waals surface area contributed by atoms with Gasteiger partial charge in [-0.05, 0) is 136 Å². The second kappa shape index (κ2) is 21.7. The van der Waals surface area contributed by atoms with E-state index in [9.17, 15) is 0 Å². The van der Waals surface area contributed by atoms with Gasteiger partial charge in [0.25, 0.3) is 0 Å². The number of anilines is 6. The Labute approximate surface area is 537 Å². The van der Waals surface area contributed by atoms with Gasteiger partial charge in [-0.3, -0.25) is 0 Å². The van der Waals surface area contributed by atoms with E-state index in [1.54, 1.807) is 0 Å². The third kappa shape index (κ3) is 9.10. The number of rotatable bonds is 7. The SMILES string of the molecule is CC(C)(C)c1ccc2c(c1)sc1cc(N(c3cc4ccccc4c4ccccc34)c3cc4ccccc4c4ccccc34)ccc12.CC(C)c1cccc2c1sc1c(N(c3cc4ccccc4c4ccccc34)c3cc4ccccc4c4ccccc34)cccc12. The van der Waals surface area contributed by atoms with Gasteiger partial charge >= 0.3 is 0 Å². The molecule has 434 valence electrons. The van der Waals surface area contributed by atoms with Gasteiger partial charge in [-0.2, -0.15) is 0 Å². The molecule has 0 fully saturated rings. The average molecular weight is 1200 g/mol. The Kier molecular flexibility index (Phi) is 13.1. The van der Waals surface area contributed by atoms with Gasteiger partial charge in [0.15, 0.2) is 0 Å². The number of nitrogens with zero attached hydrogens (tertiary/aromatic N) is 2. The number of hydrogen-bond acceptors (Lipinski definition) is 4. The van der Waals surface area contributed by atoms with E-state index in [4.69, 9.17) is 0 Å². The van der Waals surface area contributed by atoms with Crippen LogP contribution in [0.2, 0.25) is 0 Å². The van der Waals surface area contributed by atoms with Gasteiger partial charge in [-0.15, -0.1) is 22.7 Å². The number of fused-ring (bicyclic) bond motifs is 18. The van der Waals surface area contributed by atoms with Crippen LogP contribution in [0.3, 0.4) is 0 Å². The summed E-state index contributed by atoms with van der Waals surface area (Å²) in [6, 6.07) is 108. The van der Waals surface area contributed by atoms with Crippen LogP contribution in [0.4, 0.5) is 34.1 Å². The van der Waals surface area contributed by atoms with Crippen molar-refractivity contribution in [2.75, 3.05) is 9.80 Å². The molecule has 0 amide bonds. The van der Waals surface area contributed by atoms with Crippen molar-refractivity contribution in [1.82, 2.24) is 0 Å². The van der Waals surface area contributed by atoms with Crippen LogP contribution in [0.1, 0.15) is 51.7 Å². The van der Waals surface area contributed by atoms with E-state index in [1.165, 1.54) is 166 Å². The first kappa shape index (κ1) is 54.8. The normalized spacial score (nSPS) is 12.1. The molecule has 0 aliphatic carbocycles. The van der Waals surface area contributed by atoms with Crippen molar-refractivity contribution in [2.24, 2.45) is 0 Å². The lowest BCUT2D eigenvalue weighted by Crippen LogP contribution is -2.11. The van der Waals surface area contributed by atoms with Crippen molar-refractivity contribution >= 4 is 183 Å². The second-order valence-corrected chi connectivity index (χ2v) is 27.8. The molecule has 2 aromatic heterocycles. The maximum Gasteiger partial charge on any atom is 0.0640 e. The summed E-state index contributed by atoms with van der Waals surface area (Å²) in [5.74, 6) is 0.454. The van der Waals surface area contributed by atoms with Gasteiger partial charge in [-0.1, -0.05) is 277 Å². The minimum absolute atomic E-state index is 0.112. The molecule has 0 radical (unpaired) electrons. The molecule has 0 N–H and O–H groups in total. The highest BCUT2D eigenvalue weighted by Crippen LogP contribution is 2.52. The summed E-state index contributed by atoms with van der Waals surface area (Å²) in [5, 5.41) is 25.4. The number of hydrogen-bond donors (Lipinski definition) is 0. The van der Waals surface area contributed by atoms with Gasteiger partial charge in [0.05, 0.1) is 33.1 Å². The van der Waals surface area contributed by atoms with Gasteiger partial charge in [-0.25, -0.2) is 0 Å². The third-order valence-electron chi connectivity index (χ3n) is 18.9. The summed E-state index contributed by atoms with van der Waals surface area (Å²) in [4.78, 5) is 5.06. The lowest BCUT2D eigenvalue weighted by molar-refractivity contribution is 0.591. The minimum Gasteiger partial charge on any atom is -0.309 e. The molecule has 0 saturated heterocycles. The molecule has 18 rings (SSSR count). The van der Waals surface area contributed by atoms with Crippen molar-refractivity contribution in [3.8, 4) is 0 Å². The van der Waals surface area contributed by atoms with E-state index in [-0.39, 0.29) is 5.41 Å². The first-order valence-corrected chi connectivity index (χ1v) is 33.4. The minimum atomic E-state index is 0.112. The van der Waals surface area contributed by atoms with Crippen molar-refractivity contribution < 1.29 is 0 Å². The van der Waals surface area contributed by atoms with Crippen molar-refractivity contribution in [3.05, 3.63) is 302 Å². The molecule has 4 heteroatoms. The maximum atomic E-state index is 2.55. The highest BCUT2D eigenvalue weighted by Gasteiger charge is 2.26. The molecule has 0 spiro atoms. The summed E-state index contributed by atoms with van der Waals surface area (Å²) >= 11 is 3.84. The maximum absolute atomic E-state index is 2.55. The lowest BCUT2D eigenvalue weighted by atomic mass is 9.87. The predicted octanol–water partition coefficient (Wildman–Crippen LogP) is 26.7. The lowest BCUT2D eigenvalue weighted by Gasteiger charge is -2.29. The molecule has 0 bridgehead atoms. The van der Waals surface area contributed by atoms with Crippen molar-refractivity contribution in [3.63, 3.8) is 0 Å². The van der Waals surface area contributed by atoms with Crippen LogP contribution in [-0.4, -0.2) is 0 Å². The fraction of sp³-hybridized carbons (Fsp3) is 0.0805. The summed E-state index contributed by atoms with van der Waals surface area (Å²) < 4.78 is 5.36. The molecule has 0 aliphatic heterocycles. The largest absolute Gasteiger partial charge is 0.309 e. The monoisotopic (exact) mass is 1200 g/mol. The Morgan fingerprint density at radius 1 is 0.264 bits per heavy atom. The first-order valence-electron chi connectivity index (χ1n) is 31.7. The molecule has 91 heavy (non-hydrogen) atoms. The molecular weight excluding hydrogens is 1140 g/mol. The van der Waals surface area contributed by atoms with Crippen LogP contribution in [-0.2, 0) is 5.41 Å². The summed E-state index contributed by atoms with van der Waals surface area (Å²) in [6.07, 6.45) is 0. The second-order valence-electron chi connectivity index (χ2n) is 25.7.